The van der Waals surface area contributed by atoms with E-state index in [2.05, 4.69) is 6.92 Å². The number of Topliss-reactive ketones (excluding diaryl/α,β-unsaturated/α-hetero) is 1. The summed E-state index contributed by atoms with van der Waals surface area (Å²) in [5, 5.41) is 9.40. The molecule has 3 aromatic carbocycles. The molecule has 0 aliphatic carbocycles. The van der Waals surface area contributed by atoms with Crippen molar-refractivity contribution >= 4 is 17.5 Å². The third kappa shape index (κ3) is 7.29. The van der Waals surface area contributed by atoms with E-state index in [0.29, 0.717) is 60.0 Å². The number of unbranched alkanes of at least 4 members (excludes halogenated alkanes) is 2. The molecule has 1 heterocycles. The van der Waals surface area contributed by atoms with Crippen LogP contribution in [0.2, 0.25) is 0 Å². The first-order valence-corrected chi connectivity index (χ1v) is 14.5. The number of carbonyl (C=O) groups excluding carboxylic acids is 2. The average Bonchev–Trinajstić information content (AvgIpc) is 3.00. The van der Waals surface area contributed by atoms with E-state index in [4.69, 9.17) is 18.9 Å². The summed E-state index contributed by atoms with van der Waals surface area (Å²) in [6, 6.07) is 16.0. The maximum atomic E-state index is 13.4. The molecule has 42 heavy (non-hydrogen) atoms. The Kier molecular flexibility index (Phi) is 10.6. The van der Waals surface area contributed by atoms with Crippen LogP contribution in [0.25, 0.3) is 0 Å². The quantitative estimate of drug-likeness (QED) is 0.162. The van der Waals surface area contributed by atoms with E-state index in [1.165, 1.54) is 6.92 Å². The fraction of sp³-hybridized carbons (Fsp3) is 0.382. The number of methoxy groups -OCH3 is 1. The SMILES string of the molecule is CCCc1c(OCCCCCOc2cc3c(cc2C(=O)c2ccccc2)CCC(C(=O)O)O3)ccc(C(C)=O)c1OC. The van der Waals surface area contributed by atoms with E-state index in [1.807, 2.05) is 24.3 Å². The van der Waals surface area contributed by atoms with Crippen LogP contribution >= 0.6 is 0 Å². The van der Waals surface area contributed by atoms with Gasteiger partial charge < -0.3 is 24.1 Å². The Bertz CT molecular complexity index is 1410. The van der Waals surface area contributed by atoms with Crippen molar-refractivity contribution in [3.63, 3.8) is 0 Å². The number of benzene rings is 3. The van der Waals surface area contributed by atoms with Gasteiger partial charge in [-0.15, -0.1) is 0 Å². The first-order valence-electron chi connectivity index (χ1n) is 14.5. The highest BCUT2D eigenvalue weighted by molar-refractivity contribution is 6.11. The fourth-order valence-corrected chi connectivity index (χ4v) is 5.11. The van der Waals surface area contributed by atoms with Gasteiger partial charge in [-0.2, -0.15) is 0 Å². The predicted octanol–water partition coefficient (Wildman–Crippen LogP) is 6.49. The summed E-state index contributed by atoms with van der Waals surface area (Å²) in [5.41, 5.74) is 3.25. The molecule has 0 saturated heterocycles. The number of carboxylic acids is 1. The Hall–Kier alpha value is -4.33. The number of aliphatic carboxylic acids is 1. The van der Waals surface area contributed by atoms with Crippen molar-refractivity contribution in [2.24, 2.45) is 0 Å². The number of hydrogen-bond acceptors (Lipinski definition) is 7. The molecular weight excluding hydrogens is 536 g/mol. The summed E-state index contributed by atoms with van der Waals surface area (Å²) < 4.78 is 23.4. The summed E-state index contributed by atoms with van der Waals surface area (Å²) in [7, 11) is 1.57. The van der Waals surface area contributed by atoms with Crippen LogP contribution in [0.1, 0.15) is 83.4 Å². The topological polar surface area (TPSA) is 108 Å². The molecule has 222 valence electrons. The van der Waals surface area contributed by atoms with Gasteiger partial charge in [0.2, 0.25) is 0 Å². The van der Waals surface area contributed by atoms with Crippen molar-refractivity contribution in [3.05, 3.63) is 82.4 Å². The highest BCUT2D eigenvalue weighted by Crippen LogP contribution is 2.36. The number of carboxylic acid groups (broad SMARTS) is 1. The van der Waals surface area contributed by atoms with Crippen LogP contribution in [0.3, 0.4) is 0 Å². The number of fused-ring (bicyclic) bond motifs is 1. The Morgan fingerprint density at radius 1 is 0.929 bits per heavy atom. The van der Waals surface area contributed by atoms with Crippen molar-refractivity contribution in [2.75, 3.05) is 20.3 Å². The molecule has 1 N–H and O–H groups in total. The Labute approximate surface area is 246 Å². The second kappa shape index (κ2) is 14.5. The largest absolute Gasteiger partial charge is 0.496 e. The second-order valence-electron chi connectivity index (χ2n) is 10.3. The zero-order valence-electron chi connectivity index (χ0n) is 24.4. The Morgan fingerprint density at radius 2 is 1.64 bits per heavy atom. The molecule has 0 radical (unpaired) electrons. The molecule has 1 unspecified atom stereocenters. The minimum absolute atomic E-state index is 0.0448. The first kappa shape index (κ1) is 30.6. The van der Waals surface area contributed by atoms with Gasteiger partial charge in [-0.3, -0.25) is 9.59 Å². The Balaban J connectivity index is 1.37. The highest BCUT2D eigenvalue weighted by atomic mass is 16.5. The van der Waals surface area contributed by atoms with Crippen molar-refractivity contribution < 1.29 is 38.4 Å². The zero-order valence-corrected chi connectivity index (χ0v) is 24.4. The minimum Gasteiger partial charge on any atom is -0.496 e. The van der Waals surface area contributed by atoms with Gasteiger partial charge in [0.25, 0.3) is 0 Å². The first-order chi connectivity index (χ1) is 20.3. The molecule has 0 aromatic heterocycles. The number of aryl methyl sites for hydroxylation is 1. The molecule has 0 spiro atoms. The normalized spacial score (nSPS) is 13.9. The van der Waals surface area contributed by atoms with E-state index in [0.717, 1.165) is 49.0 Å². The molecular formula is C34H38O8. The fourth-order valence-electron chi connectivity index (χ4n) is 5.11. The molecule has 0 amide bonds. The van der Waals surface area contributed by atoms with E-state index >= 15 is 0 Å². The van der Waals surface area contributed by atoms with Crippen molar-refractivity contribution in [1.82, 2.24) is 0 Å². The number of carbonyl (C=O) groups is 3. The van der Waals surface area contributed by atoms with Crippen LogP contribution in [0, 0.1) is 0 Å². The van der Waals surface area contributed by atoms with Crippen LogP contribution in [0.4, 0.5) is 0 Å². The van der Waals surface area contributed by atoms with E-state index in [1.54, 1.807) is 37.4 Å². The molecule has 3 aromatic rings. The molecule has 0 fully saturated rings. The zero-order chi connectivity index (χ0) is 30.1. The smallest absolute Gasteiger partial charge is 0.344 e. The number of rotatable bonds is 15. The molecule has 0 bridgehead atoms. The lowest BCUT2D eigenvalue weighted by atomic mass is 9.95. The third-order valence-electron chi connectivity index (χ3n) is 7.27. The van der Waals surface area contributed by atoms with Crippen molar-refractivity contribution in [3.8, 4) is 23.0 Å². The molecule has 4 rings (SSSR count). The summed E-state index contributed by atoms with van der Waals surface area (Å²) in [6.45, 7) is 4.47. The lowest BCUT2D eigenvalue weighted by Gasteiger charge is -2.25. The predicted molar refractivity (Wildman–Crippen MR) is 159 cm³/mol. The van der Waals surface area contributed by atoms with Crippen LogP contribution in [0.15, 0.2) is 54.6 Å². The van der Waals surface area contributed by atoms with E-state index in [9.17, 15) is 19.5 Å². The summed E-state index contributed by atoms with van der Waals surface area (Å²) >= 11 is 0. The number of ether oxygens (including phenoxy) is 4. The standard InChI is InChI=1S/C34H38O8/c1-4-11-26-28(17-15-25(22(2)35)33(26)39-3)40-18-9-6-10-19-41-31-21-30-24(14-16-29(42-30)34(37)38)20-27(31)32(36)23-12-7-5-8-13-23/h5,7-8,12-13,15,17,20-21,29H,4,6,9-11,14,16,18-19H2,1-3H3,(H,37,38). The van der Waals surface area contributed by atoms with Crippen molar-refractivity contribution in [2.45, 2.75) is 64.9 Å². The highest BCUT2D eigenvalue weighted by Gasteiger charge is 2.28. The third-order valence-corrected chi connectivity index (χ3v) is 7.27. The number of ketones is 2. The van der Waals surface area contributed by atoms with Crippen molar-refractivity contribution in [1.29, 1.82) is 0 Å². The maximum Gasteiger partial charge on any atom is 0.344 e. The van der Waals surface area contributed by atoms with Gasteiger partial charge in [-0.25, -0.2) is 4.79 Å². The van der Waals surface area contributed by atoms with Gasteiger partial charge in [0.05, 0.1) is 31.5 Å². The molecule has 0 saturated carbocycles. The average molecular weight is 575 g/mol. The molecule has 1 aliphatic heterocycles. The van der Waals surface area contributed by atoms with Crippen LogP contribution in [-0.2, 0) is 17.6 Å². The van der Waals surface area contributed by atoms with Gasteiger partial charge >= 0.3 is 5.97 Å². The van der Waals surface area contributed by atoms with Crippen LogP contribution in [-0.4, -0.2) is 49.1 Å². The van der Waals surface area contributed by atoms with Gasteiger partial charge in [-0.1, -0.05) is 43.7 Å². The lowest BCUT2D eigenvalue weighted by molar-refractivity contribution is -0.145. The summed E-state index contributed by atoms with van der Waals surface area (Å²) in [5.74, 6) is 0.924. The van der Waals surface area contributed by atoms with Gasteiger partial charge in [0.15, 0.2) is 17.7 Å². The van der Waals surface area contributed by atoms with Gasteiger partial charge in [0, 0.05) is 17.2 Å². The Morgan fingerprint density at radius 3 is 2.29 bits per heavy atom. The van der Waals surface area contributed by atoms with E-state index in [-0.39, 0.29) is 11.6 Å². The van der Waals surface area contributed by atoms with Crippen LogP contribution in [0.5, 0.6) is 23.0 Å². The van der Waals surface area contributed by atoms with Gasteiger partial charge in [0.1, 0.15) is 23.0 Å². The summed E-state index contributed by atoms with van der Waals surface area (Å²) in [6.07, 6.45) is 3.91. The number of hydrogen-bond donors (Lipinski definition) is 1. The minimum atomic E-state index is -1.01. The molecule has 1 aliphatic rings. The molecule has 8 nitrogen and oxygen atoms in total. The van der Waals surface area contributed by atoms with Crippen LogP contribution < -0.4 is 18.9 Å². The molecule has 8 heteroatoms. The maximum absolute atomic E-state index is 13.4. The monoisotopic (exact) mass is 574 g/mol. The van der Waals surface area contributed by atoms with Gasteiger partial charge in [-0.05, 0) is 69.2 Å². The second-order valence-corrected chi connectivity index (χ2v) is 10.3. The van der Waals surface area contributed by atoms with E-state index < -0.39 is 12.1 Å². The lowest BCUT2D eigenvalue weighted by Crippen LogP contribution is -2.31. The molecule has 1 atom stereocenters. The summed E-state index contributed by atoms with van der Waals surface area (Å²) in [4.78, 5) is 36.9.